The van der Waals surface area contributed by atoms with Crippen LogP contribution in [0.1, 0.15) is 33.6 Å². The molecule has 1 atom stereocenters. The Labute approximate surface area is 192 Å². The van der Waals surface area contributed by atoms with Crippen LogP contribution in [0.15, 0.2) is 61.2 Å². The van der Waals surface area contributed by atoms with Gasteiger partial charge in [-0.3, -0.25) is 14.4 Å². The van der Waals surface area contributed by atoms with Crippen molar-refractivity contribution in [1.29, 1.82) is 0 Å². The lowest BCUT2D eigenvalue weighted by atomic mass is 9.88. The maximum atomic E-state index is 13.5. The number of piperidine rings is 1. The number of nitrogens with one attached hydrogen (secondary N) is 2. The second-order valence-corrected chi connectivity index (χ2v) is 7.85. The molecular formula is C25H28FN3O4. The van der Waals surface area contributed by atoms with Gasteiger partial charge in [-0.2, -0.15) is 0 Å². The molecule has 0 aromatic heterocycles. The first kappa shape index (κ1) is 24.0. The molecule has 0 bridgehead atoms. The van der Waals surface area contributed by atoms with Crippen LogP contribution in [0.2, 0.25) is 0 Å². The van der Waals surface area contributed by atoms with Crippen molar-refractivity contribution in [3.8, 4) is 5.75 Å². The van der Waals surface area contributed by atoms with Crippen LogP contribution >= 0.6 is 0 Å². The molecule has 0 spiro atoms. The summed E-state index contributed by atoms with van der Waals surface area (Å²) in [6.45, 7) is 4.70. The topological polar surface area (TPSA) is 87.7 Å². The summed E-state index contributed by atoms with van der Waals surface area (Å²) in [6, 6.07) is 11.5. The van der Waals surface area contributed by atoms with Crippen LogP contribution in [-0.4, -0.2) is 55.4 Å². The van der Waals surface area contributed by atoms with Gasteiger partial charge in [0.05, 0.1) is 7.11 Å². The maximum absolute atomic E-state index is 13.5. The van der Waals surface area contributed by atoms with Crippen molar-refractivity contribution < 1.29 is 23.5 Å². The Morgan fingerprint density at radius 2 is 1.85 bits per heavy atom. The SMILES string of the molecule is C=CCNC(=O)[C@H](NC(=O)c1ccc(OC)cc1)C1CCN(C(=O)c2cccc(F)c2)CC1. The number of halogens is 1. The number of carbonyl (C=O) groups excluding carboxylic acids is 3. The Kier molecular flexibility index (Phi) is 8.18. The molecule has 0 radical (unpaired) electrons. The number of methoxy groups -OCH3 is 1. The first-order valence-corrected chi connectivity index (χ1v) is 10.8. The van der Waals surface area contributed by atoms with Gasteiger partial charge < -0.3 is 20.3 Å². The van der Waals surface area contributed by atoms with Gasteiger partial charge in [0.1, 0.15) is 17.6 Å². The molecule has 8 heteroatoms. The van der Waals surface area contributed by atoms with E-state index in [0.29, 0.717) is 42.8 Å². The van der Waals surface area contributed by atoms with E-state index < -0.39 is 11.9 Å². The number of hydrogen-bond acceptors (Lipinski definition) is 4. The minimum Gasteiger partial charge on any atom is -0.497 e. The van der Waals surface area contributed by atoms with E-state index in [1.807, 2.05) is 0 Å². The van der Waals surface area contributed by atoms with Crippen molar-refractivity contribution in [3.05, 3.63) is 78.1 Å². The van der Waals surface area contributed by atoms with Crippen molar-refractivity contribution in [2.24, 2.45) is 5.92 Å². The molecule has 7 nitrogen and oxygen atoms in total. The van der Waals surface area contributed by atoms with Gasteiger partial charge in [0, 0.05) is 30.8 Å². The number of benzene rings is 2. The first-order chi connectivity index (χ1) is 15.9. The monoisotopic (exact) mass is 453 g/mol. The normalized spacial score (nSPS) is 14.8. The number of ether oxygens (including phenoxy) is 1. The molecule has 0 aliphatic carbocycles. The fourth-order valence-electron chi connectivity index (χ4n) is 3.89. The van der Waals surface area contributed by atoms with Gasteiger partial charge in [-0.15, -0.1) is 6.58 Å². The minimum absolute atomic E-state index is 0.159. The van der Waals surface area contributed by atoms with Crippen LogP contribution in [0.3, 0.4) is 0 Å². The second-order valence-electron chi connectivity index (χ2n) is 7.85. The van der Waals surface area contributed by atoms with Crippen LogP contribution in [0.4, 0.5) is 4.39 Å². The molecule has 1 fully saturated rings. The molecule has 0 saturated carbocycles. The van der Waals surface area contributed by atoms with Crippen molar-refractivity contribution in [2.45, 2.75) is 18.9 Å². The summed E-state index contributed by atoms with van der Waals surface area (Å²) >= 11 is 0. The molecule has 2 aromatic carbocycles. The number of amides is 3. The van der Waals surface area contributed by atoms with E-state index in [1.54, 1.807) is 48.4 Å². The Bertz CT molecular complexity index is 1000. The van der Waals surface area contributed by atoms with Crippen LogP contribution in [0.5, 0.6) is 5.75 Å². The zero-order valence-corrected chi connectivity index (χ0v) is 18.6. The van der Waals surface area contributed by atoms with Gasteiger partial charge in [0.25, 0.3) is 11.8 Å². The van der Waals surface area contributed by atoms with E-state index >= 15 is 0 Å². The van der Waals surface area contributed by atoms with E-state index in [9.17, 15) is 18.8 Å². The summed E-state index contributed by atoms with van der Waals surface area (Å²) in [6.07, 6.45) is 2.62. The third-order valence-electron chi connectivity index (χ3n) is 5.71. The molecule has 1 aliphatic rings. The Hall–Kier alpha value is -3.68. The molecule has 1 saturated heterocycles. The van der Waals surface area contributed by atoms with Crippen molar-refractivity contribution >= 4 is 17.7 Å². The highest BCUT2D eigenvalue weighted by molar-refractivity contribution is 5.98. The third kappa shape index (κ3) is 6.19. The summed E-state index contributed by atoms with van der Waals surface area (Å²) < 4.78 is 18.6. The van der Waals surface area contributed by atoms with Gasteiger partial charge in [0.2, 0.25) is 5.91 Å². The van der Waals surface area contributed by atoms with Gasteiger partial charge in [-0.1, -0.05) is 12.1 Å². The summed E-state index contributed by atoms with van der Waals surface area (Å²) in [5, 5.41) is 5.61. The summed E-state index contributed by atoms with van der Waals surface area (Å²) in [7, 11) is 1.54. The average Bonchev–Trinajstić information content (AvgIpc) is 2.85. The number of likely N-dealkylation sites (tertiary alicyclic amines) is 1. The van der Waals surface area contributed by atoms with Crippen LogP contribution in [0.25, 0.3) is 0 Å². The highest BCUT2D eigenvalue weighted by Crippen LogP contribution is 2.23. The molecule has 1 aliphatic heterocycles. The van der Waals surface area contributed by atoms with Crippen LogP contribution in [-0.2, 0) is 4.79 Å². The Balaban J connectivity index is 1.68. The third-order valence-corrected chi connectivity index (χ3v) is 5.71. The molecule has 3 rings (SSSR count). The van der Waals surface area contributed by atoms with E-state index in [2.05, 4.69) is 17.2 Å². The number of carbonyl (C=O) groups is 3. The lowest BCUT2D eigenvalue weighted by molar-refractivity contribution is -0.124. The minimum atomic E-state index is -0.758. The van der Waals surface area contributed by atoms with Crippen LogP contribution < -0.4 is 15.4 Å². The Morgan fingerprint density at radius 1 is 1.15 bits per heavy atom. The summed E-state index contributed by atoms with van der Waals surface area (Å²) in [4.78, 5) is 40.0. The van der Waals surface area contributed by atoms with Gasteiger partial charge in [-0.25, -0.2) is 4.39 Å². The molecular weight excluding hydrogens is 425 g/mol. The number of nitrogens with zero attached hydrogens (tertiary/aromatic N) is 1. The van der Waals surface area contributed by atoms with Gasteiger partial charge in [-0.05, 0) is 61.2 Å². The van der Waals surface area contributed by atoms with Crippen molar-refractivity contribution in [2.75, 3.05) is 26.7 Å². The van der Waals surface area contributed by atoms with Gasteiger partial charge >= 0.3 is 0 Å². The van der Waals surface area contributed by atoms with Gasteiger partial charge in [0.15, 0.2) is 0 Å². The van der Waals surface area contributed by atoms with E-state index in [4.69, 9.17) is 4.74 Å². The van der Waals surface area contributed by atoms with E-state index in [-0.39, 0.29) is 30.2 Å². The largest absolute Gasteiger partial charge is 0.497 e. The molecule has 0 unspecified atom stereocenters. The smallest absolute Gasteiger partial charge is 0.253 e. The molecule has 174 valence electrons. The molecule has 1 heterocycles. The first-order valence-electron chi connectivity index (χ1n) is 10.8. The van der Waals surface area contributed by atoms with Crippen molar-refractivity contribution in [3.63, 3.8) is 0 Å². The zero-order valence-electron chi connectivity index (χ0n) is 18.6. The van der Waals surface area contributed by atoms with Crippen molar-refractivity contribution in [1.82, 2.24) is 15.5 Å². The van der Waals surface area contributed by atoms with Crippen LogP contribution in [0, 0.1) is 11.7 Å². The number of hydrogen-bond donors (Lipinski definition) is 2. The predicted molar refractivity (Wildman–Crippen MR) is 122 cm³/mol. The summed E-state index contributed by atoms with van der Waals surface area (Å²) in [5.41, 5.74) is 0.706. The molecule has 33 heavy (non-hydrogen) atoms. The Morgan fingerprint density at radius 3 is 2.45 bits per heavy atom. The standard InChI is InChI=1S/C25H28FN3O4/c1-3-13-27-24(31)22(28-23(30)18-7-9-21(33-2)10-8-18)17-11-14-29(15-12-17)25(32)19-5-4-6-20(26)16-19/h3-10,16-17,22H,1,11-15H2,2H3,(H,27,31)(H,28,30)/t22-/m1/s1. The van der Waals surface area contributed by atoms with E-state index in [0.717, 1.165) is 0 Å². The maximum Gasteiger partial charge on any atom is 0.253 e. The predicted octanol–water partition coefficient (Wildman–Crippen LogP) is 2.79. The molecule has 3 amide bonds. The lowest BCUT2D eigenvalue weighted by Gasteiger charge is -2.35. The van der Waals surface area contributed by atoms with E-state index in [1.165, 1.54) is 18.2 Å². The molecule has 2 N–H and O–H groups in total. The zero-order chi connectivity index (χ0) is 23.8. The summed E-state index contributed by atoms with van der Waals surface area (Å²) in [5.74, 6) is -0.907. The highest BCUT2D eigenvalue weighted by atomic mass is 19.1. The quantitative estimate of drug-likeness (QED) is 0.602. The highest BCUT2D eigenvalue weighted by Gasteiger charge is 2.34. The fourth-order valence-corrected chi connectivity index (χ4v) is 3.89. The second kappa shape index (κ2) is 11.3. The average molecular weight is 454 g/mol. The lowest BCUT2D eigenvalue weighted by Crippen LogP contribution is -2.53. The number of rotatable bonds is 8. The molecule has 2 aromatic rings. The fraction of sp³-hybridized carbons (Fsp3) is 0.320.